The van der Waals surface area contributed by atoms with Crippen molar-refractivity contribution in [2.24, 2.45) is 0 Å². The molecule has 0 atom stereocenters. The molecule has 0 saturated heterocycles. The molecule has 0 spiro atoms. The second-order valence-electron chi connectivity index (χ2n) is 5.51. The van der Waals surface area contributed by atoms with Gasteiger partial charge in [-0.25, -0.2) is 4.79 Å². The molecular formula is C18H19N3O2S. The van der Waals surface area contributed by atoms with E-state index in [0.29, 0.717) is 25.3 Å². The molecule has 0 fully saturated rings. The Morgan fingerprint density at radius 1 is 1.08 bits per heavy atom. The van der Waals surface area contributed by atoms with Crippen molar-refractivity contribution in [1.29, 1.82) is 0 Å². The topological polar surface area (TPSA) is 70.2 Å². The summed E-state index contributed by atoms with van der Waals surface area (Å²) in [5.74, 6) is 0.498. The number of hydrogen-bond donors (Lipinski definition) is 3. The van der Waals surface area contributed by atoms with E-state index in [-0.39, 0.29) is 11.9 Å². The molecule has 0 unspecified atom stereocenters. The van der Waals surface area contributed by atoms with Crippen LogP contribution in [0.15, 0.2) is 53.4 Å². The standard InChI is InChI=1S/C18H19N3O2S/c22-17-12-24-16-7-6-13(10-15(16)21-17)8-9-19-18(23)20-11-14-4-2-1-3-5-14/h1-7,10H,8-9,11-12H2,(H,21,22)(H2,19,20,23). The van der Waals surface area contributed by atoms with Crippen molar-refractivity contribution in [3.05, 3.63) is 59.7 Å². The number of thioether (sulfide) groups is 1. The van der Waals surface area contributed by atoms with E-state index < -0.39 is 0 Å². The lowest BCUT2D eigenvalue weighted by atomic mass is 10.1. The van der Waals surface area contributed by atoms with Crippen molar-refractivity contribution in [1.82, 2.24) is 10.6 Å². The van der Waals surface area contributed by atoms with Crippen molar-refractivity contribution in [2.75, 3.05) is 17.6 Å². The Labute approximate surface area is 145 Å². The van der Waals surface area contributed by atoms with Gasteiger partial charge in [0.05, 0.1) is 11.4 Å². The summed E-state index contributed by atoms with van der Waals surface area (Å²) in [5, 5.41) is 8.56. The van der Waals surface area contributed by atoms with Crippen molar-refractivity contribution in [3.8, 4) is 0 Å². The number of rotatable bonds is 5. The number of carbonyl (C=O) groups excluding carboxylic acids is 2. The lowest BCUT2D eigenvalue weighted by Gasteiger charge is -2.17. The summed E-state index contributed by atoms with van der Waals surface area (Å²) in [6.07, 6.45) is 0.715. The Hall–Kier alpha value is -2.47. The second kappa shape index (κ2) is 7.88. The molecule has 2 aromatic carbocycles. The third-order valence-corrected chi connectivity index (χ3v) is 4.75. The summed E-state index contributed by atoms with van der Waals surface area (Å²) in [7, 11) is 0. The largest absolute Gasteiger partial charge is 0.338 e. The molecule has 0 bridgehead atoms. The summed E-state index contributed by atoms with van der Waals surface area (Å²) >= 11 is 1.55. The number of carbonyl (C=O) groups is 2. The zero-order valence-electron chi connectivity index (χ0n) is 13.2. The van der Waals surface area contributed by atoms with Gasteiger partial charge in [0.25, 0.3) is 0 Å². The van der Waals surface area contributed by atoms with E-state index in [1.165, 1.54) is 0 Å². The first-order chi connectivity index (χ1) is 11.7. The van der Waals surface area contributed by atoms with Gasteiger partial charge in [-0.05, 0) is 29.7 Å². The minimum atomic E-state index is -0.180. The fraction of sp³-hybridized carbons (Fsp3) is 0.222. The molecule has 0 saturated carbocycles. The molecule has 1 heterocycles. The molecule has 5 nitrogen and oxygen atoms in total. The maximum atomic E-state index is 11.8. The molecule has 24 heavy (non-hydrogen) atoms. The van der Waals surface area contributed by atoms with E-state index in [2.05, 4.69) is 16.0 Å². The van der Waals surface area contributed by atoms with Crippen LogP contribution in [0.5, 0.6) is 0 Å². The highest BCUT2D eigenvalue weighted by atomic mass is 32.2. The Balaban J connectivity index is 1.44. The smallest absolute Gasteiger partial charge is 0.315 e. The molecular weight excluding hydrogens is 322 g/mol. The Morgan fingerprint density at radius 3 is 2.75 bits per heavy atom. The summed E-state index contributed by atoms with van der Waals surface area (Å²) < 4.78 is 0. The lowest BCUT2D eigenvalue weighted by molar-refractivity contribution is -0.113. The van der Waals surface area contributed by atoms with Gasteiger partial charge in [-0.2, -0.15) is 0 Å². The van der Waals surface area contributed by atoms with Crippen LogP contribution in [0.25, 0.3) is 0 Å². The van der Waals surface area contributed by atoms with Crippen LogP contribution in [-0.2, 0) is 17.8 Å². The zero-order valence-corrected chi connectivity index (χ0v) is 14.0. The number of amides is 3. The number of nitrogens with one attached hydrogen (secondary N) is 3. The summed E-state index contributed by atoms with van der Waals surface area (Å²) in [5.41, 5.74) is 3.01. The van der Waals surface area contributed by atoms with Crippen LogP contribution in [0.2, 0.25) is 0 Å². The highest BCUT2D eigenvalue weighted by molar-refractivity contribution is 8.00. The zero-order chi connectivity index (χ0) is 16.8. The maximum absolute atomic E-state index is 11.8. The van der Waals surface area contributed by atoms with Gasteiger partial charge in [-0.3, -0.25) is 4.79 Å². The first kappa shape index (κ1) is 16.4. The van der Waals surface area contributed by atoms with Gasteiger partial charge in [0.15, 0.2) is 0 Å². The van der Waals surface area contributed by atoms with Gasteiger partial charge in [0.2, 0.25) is 5.91 Å². The SMILES string of the molecule is O=C1CSc2ccc(CCNC(=O)NCc3ccccc3)cc2N1. The quantitative estimate of drug-likeness (QED) is 0.783. The maximum Gasteiger partial charge on any atom is 0.315 e. The Kier molecular flexibility index (Phi) is 5.38. The van der Waals surface area contributed by atoms with Crippen LogP contribution in [0.1, 0.15) is 11.1 Å². The van der Waals surface area contributed by atoms with Crippen LogP contribution >= 0.6 is 11.8 Å². The monoisotopic (exact) mass is 341 g/mol. The first-order valence-electron chi connectivity index (χ1n) is 7.82. The first-order valence-corrected chi connectivity index (χ1v) is 8.80. The molecule has 6 heteroatoms. The molecule has 2 aromatic rings. The van der Waals surface area contributed by atoms with Gasteiger partial charge in [-0.15, -0.1) is 11.8 Å². The molecule has 0 radical (unpaired) electrons. The summed E-state index contributed by atoms with van der Waals surface area (Å²) in [4.78, 5) is 24.3. The molecule has 124 valence electrons. The van der Waals surface area contributed by atoms with E-state index in [4.69, 9.17) is 0 Å². The minimum absolute atomic E-state index is 0.0306. The van der Waals surface area contributed by atoms with Crippen LogP contribution < -0.4 is 16.0 Å². The number of fused-ring (bicyclic) bond motifs is 1. The van der Waals surface area contributed by atoms with Gasteiger partial charge >= 0.3 is 6.03 Å². The molecule has 1 aliphatic heterocycles. The molecule has 0 aromatic heterocycles. The minimum Gasteiger partial charge on any atom is -0.338 e. The van der Waals surface area contributed by atoms with Gasteiger partial charge in [-0.1, -0.05) is 36.4 Å². The average Bonchev–Trinajstić information content (AvgIpc) is 2.60. The Bertz CT molecular complexity index is 734. The third-order valence-electron chi connectivity index (χ3n) is 3.67. The van der Waals surface area contributed by atoms with Crippen molar-refractivity contribution in [3.63, 3.8) is 0 Å². The van der Waals surface area contributed by atoms with E-state index in [1.54, 1.807) is 11.8 Å². The van der Waals surface area contributed by atoms with Crippen LogP contribution in [0.4, 0.5) is 10.5 Å². The predicted octanol–water partition coefficient (Wildman–Crippen LogP) is 2.77. The Morgan fingerprint density at radius 2 is 1.92 bits per heavy atom. The average molecular weight is 341 g/mol. The van der Waals surface area contributed by atoms with E-state index in [1.807, 2.05) is 48.5 Å². The second-order valence-corrected chi connectivity index (χ2v) is 6.53. The van der Waals surface area contributed by atoms with Crippen molar-refractivity contribution >= 4 is 29.4 Å². The van der Waals surface area contributed by atoms with Gasteiger partial charge in [0, 0.05) is 18.0 Å². The molecule has 3 amide bonds. The highest BCUT2D eigenvalue weighted by Crippen LogP contribution is 2.31. The lowest BCUT2D eigenvalue weighted by Crippen LogP contribution is -2.36. The van der Waals surface area contributed by atoms with Crippen molar-refractivity contribution in [2.45, 2.75) is 17.9 Å². The van der Waals surface area contributed by atoms with Crippen LogP contribution in [0.3, 0.4) is 0 Å². The number of hydrogen-bond acceptors (Lipinski definition) is 3. The molecule has 1 aliphatic rings. The fourth-order valence-electron chi connectivity index (χ4n) is 2.45. The van der Waals surface area contributed by atoms with E-state index in [0.717, 1.165) is 21.7 Å². The van der Waals surface area contributed by atoms with Crippen molar-refractivity contribution < 1.29 is 9.59 Å². The van der Waals surface area contributed by atoms with Crippen LogP contribution in [0, 0.1) is 0 Å². The van der Waals surface area contributed by atoms with E-state index >= 15 is 0 Å². The highest BCUT2D eigenvalue weighted by Gasteiger charge is 2.15. The van der Waals surface area contributed by atoms with Gasteiger partial charge < -0.3 is 16.0 Å². The van der Waals surface area contributed by atoms with E-state index in [9.17, 15) is 9.59 Å². The summed E-state index contributed by atoms with van der Waals surface area (Å²) in [6.45, 7) is 1.05. The van der Waals surface area contributed by atoms with Gasteiger partial charge in [0.1, 0.15) is 0 Å². The number of benzene rings is 2. The molecule has 3 rings (SSSR count). The number of anilines is 1. The molecule has 0 aliphatic carbocycles. The third kappa shape index (κ3) is 4.52. The molecule has 3 N–H and O–H groups in total. The normalized spacial score (nSPS) is 12.9. The fourth-order valence-corrected chi connectivity index (χ4v) is 3.24. The predicted molar refractivity (Wildman–Crippen MR) is 96.2 cm³/mol. The summed E-state index contributed by atoms with van der Waals surface area (Å²) in [6, 6.07) is 15.6. The number of urea groups is 1. The van der Waals surface area contributed by atoms with Crippen LogP contribution in [-0.4, -0.2) is 24.2 Å².